The predicted molar refractivity (Wildman–Crippen MR) is 77.1 cm³/mol. The van der Waals surface area contributed by atoms with E-state index in [-0.39, 0.29) is 0 Å². The van der Waals surface area contributed by atoms with Crippen molar-refractivity contribution in [2.24, 2.45) is 0 Å². The first-order chi connectivity index (χ1) is 8.81. The number of aryl methyl sites for hydroxylation is 2. The molecule has 2 rings (SSSR count). The van der Waals surface area contributed by atoms with Gasteiger partial charge in [-0.25, -0.2) is 0 Å². The Bertz CT molecular complexity index is 447. The Balaban J connectivity index is 1.99. The zero-order chi connectivity index (χ0) is 12.8. The van der Waals surface area contributed by atoms with E-state index in [0.29, 0.717) is 6.04 Å². The molecule has 18 heavy (non-hydrogen) atoms. The fraction of sp³-hybridized carbons (Fsp3) is 0.467. The number of hydrogen-bond acceptors (Lipinski definition) is 3. The van der Waals surface area contributed by atoms with Crippen LogP contribution in [-0.2, 0) is 6.42 Å². The summed E-state index contributed by atoms with van der Waals surface area (Å²) in [4.78, 5) is 1.45. The van der Waals surface area contributed by atoms with Crippen LogP contribution in [0.4, 0.5) is 0 Å². The molecule has 3 heteroatoms. The van der Waals surface area contributed by atoms with Gasteiger partial charge in [0.15, 0.2) is 0 Å². The number of hydrogen-bond donors (Lipinski definition) is 1. The molecule has 1 N–H and O–H groups in total. The molecule has 1 unspecified atom stereocenters. The Labute approximate surface area is 113 Å². The van der Waals surface area contributed by atoms with E-state index in [2.05, 4.69) is 36.7 Å². The van der Waals surface area contributed by atoms with Crippen LogP contribution in [0.15, 0.2) is 34.3 Å². The highest BCUT2D eigenvalue weighted by Gasteiger charge is 2.16. The second kappa shape index (κ2) is 6.76. The number of thiophene rings is 1. The summed E-state index contributed by atoms with van der Waals surface area (Å²) in [6.07, 6.45) is 5.14. The molecule has 0 fully saturated rings. The molecule has 0 saturated heterocycles. The first kappa shape index (κ1) is 13.4. The molecule has 0 aliphatic rings. The summed E-state index contributed by atoms with van der Waals surface area (Å²) in [7, 11) is 0. The van der Waals surface area contributed by atoms with Gasteiger partial charge in [0.25, 0.3) is 0 Å². The van der Waals surface area contributed by atoms with E-state index in [0.717, 1.165) is 31.6 Å². The van der Waals surface area contributed by atoms with E-state index < -0.39 is 0 Å². The zero-order valence-corrected chi connectivity index (χ0v) is 11.9. The SMILES string of the molecule is CCCNC(CCc1cccs1)c1occc1C. The van der Waals surface area contributed by atoms with Crippen LogP contribution < -0.4 is 5.32 Å². The van der Waals surface area contributed by atoms with Crippen molar-refractivity contribution < 1.29 is 4.42 Å². The molecule has 0 aliphatic carbocycles. The van der Waals surface area contributed by atoms with Gasteiger partial charge in [0, 0.05) is 4.88 Å². The average Bonchev–Trinajstić information content (AvgIpc) is 3.01. The lowest BCUT2D eigenvalue weighted by Crippen LogP contribution is -2.22. The van der Waals surface area contributed by atoms with Crippen molar-refractivity contribution in [3.8, 4) is 0 Å². The maximum atomic E-state index is 5.63. The molecule has 0 amide bonds. The maximum absolute atomic E-state index is 5.63. The Kier molecular flexibility index (Phi) is 5.02. The van der Waals surface area contributed by atoms with Crippen LogP contribution in [0.25, 0.3) is 0 Å². The topological polar surface area (TPSA) is 25.2 Å². The first-order valence-electron chi connectivity index (χ1n) is 6.61. The molecule has 0 spiro atoms. The molecular formula is C15H21NOS. The molecule has 0 bridgehead atoms. The van der Waals surface area contributed by atoms with Crippen molar-refractivity contribution in [2.75, 3.05) is 6.54 Å². The van der Waals surface area contributed by atoms with E-state index in [1.54, 1.807) is 6.26 Å². The Morgan fingerprint density at radius 1 is 1.39 bits per heavy atom. The number of nitrogens with one attached hydrogen (secondary N) is 1. The minimum atomic E-state index is 0.335. The lowest BCUT2D eigenvalue weighted by atomic mass is 10.1. The first-order valence-corrected chi connectivity index (χ1v) is 7.49. The standard InChI is InChI=1S/C15H21NOS/c1-3-9-16-14(15-12(2)8-10-17-15)7-6-13-5-4-11-18-13/h4-5,8,10-11,14,16H,3,6-7,9H2,1-2H3. The van der Waals surface area contributed by atoms with Gasteiger partial charge in [-0.15, -0.1) is 11.3 Å². The van der Waals surface area contributed by atoms with Gasteiger partial charge in [0.1, 0.15) is 5.76 Å². The molecule has 1 atom stereocenters. The lowest BCUT2D eigenvalue weighted by molar-refractivity contribution is 0.394. The van der Waals surface area contributed by atoms with Crippen LogP contribution in [0, 0.1) is 6.92 Å². The average molecular weight is 263 g/mol. The van der Waals surface area contributed by atoms with Crippen molar-refractivity contribution in [1.29, 1.82) is 0 Å². The Hall–Kier alpha value is -1.06. The second-order valence-corrected chi connectivity index (χ2v) is 5.62. The molecule has 2 aromatic rings. The largest absolute Gasteiger partial charge is 0.467 e. The summed E-state index contributed by atoms with van der Waals surface area (Å²) in [5, 5.41) is 5.73. The number of furan rings is 1. The summed E-state index contributed by atoms with van der Waals surface area (Å²) in [5.74, 6) is 1.10. The third-order valence-electron chi connectivity index (χ3n) is 3.12. The summed E-state index contributed by atoms with van der Waals surface area (Å²) in [6, 6.07) is 6.70. The molecule has 0 radical (unpaired) electrons. The van der Waals surface area contributed by atoms with Gasteiger partial charge in [0.05, 0.1) is 12.3 Å². The fourth-order valence-corrected chi connectivity index (χ4v) is 2.85. The second-order valence-electron chi connectivity index (χ2n) is 4.59. The van der Waals surface area contributed by atoms with Gasteiger partial charge >= 0.3 is 0 Å². The smallest absolute Gasteiger partial charge is 0.123 e. The van der Waals surface area contributed by atoms with E-state index in [1.807, 2.05) is 17.4 Å². The fourth-order valence-electron chi connectivity index (χ4n) is 2.13. The van der Waals surface area contributed by atoms with Crippen LogP contribution in [0.2, 0.25) is 0 Å². The quantitative estimate of drug-likeness (QED) is 0.804. The molecule has 2 aromatic heterocycles. The highest BCUT2D eigenvalue weighted by molar-refractivity contribution is 7.09. The van der Waals surface area contributed by atoms with Gasteiger partial charge in [-0.05, 0) is 55.8 Å². The third-order valence-corrected chi connectivity index (χ3v) is 4.05. The lowest BCUT2D eigenvalue weighted by Gasteiger charge is -2.17. The molecule has 0 saturated carbocycles. The van der Waals surface area contributed by atoms with Crippen molar-refractivity contribution in [3.05, 3.63) is 46.0 Å². The maximum Gasteiger partial charge on any atom is 0.123 e. The van der Waals surface area contributed by atoms with Crippen molar-refractivity contribution in [1.82, 2.24) is 5.32 Å². The van der Waals surface area contributed by atoms with E-state index >= 15 is 0 Å². The molecule has 0 aliphatic heterocycles. The number of rotatable bonds is 7. The summed E-state index contributed by atoms with van der Waals surface area (Å²) in [6.45, 7) is 5.35. The van der Waals surface area contributed by atoms with Gasteiger partial charge < -0.3 is 9.73 Å². The Morgan fingerprint density at radius 2 is 2.28 bits per heavy atom. The van der Waals surface area contributed by atoms with Crippen molar-refractivity contribution in [2.45, 2.75) is 39.2 Å². The van der Waals surface area contributed by atoms with E-state index in [4.69, 9.17) is 4.42 Å². The predicted octanol–water partition coefficient (Wildman–Crippen LogP) is 4.32. The molecule has 98 valence electrons. The van der Waals surface area contributed by atoms with Gasteiger partial charge in [-0.1, -0.05) is 13.0 Å². The highest BCUT2D eigenvalue weighted by atomic mass is 32.1. The van der Waals surface area contributed by atoms with Gasteiger partial charge in [-0.3, -0.25) is 0 Å². The molecule has 2 heterocycles. The normalized spacial score (nSPS) is 12.8. The van der Waals surface area contributed by atoms with Crippen molar-refractivity contribution in [3.63, 3.8) is 0 Å². The summed E-state index contributed by atoms with van der Waals surface area (Å²) < 4.78 is 5.63. The van der Waals surface area contributed by atoms with Crippen LogP contribution >= 0.6 is 11.3 Å². The molecular weight excluding hydrogens is 242 g/mol. The van der Waals surface area contributed by atoms with E-state index in [1.165, 1.54) is 10.4 Å². The molecule has 2 nitrogen and oxygen atoms in total. The minimum absolute atomic E-state index is 0.335. The van der Waals surface area contributed by atoms with Crippen LogP contribution in [0.1, 0.15) is 42.0 Å². The molecule has 0 aromatic carbocycles. The van der Waals surface area contributed by atoms with Crippen LogP contribution in [-0.4, -0.2) is 6.54 Å². The van der Waals surface area contributed by atoms with Crippen molar-refractivity contribution >= 4 is 11.3 Å². The third kappa shape index (κ3) is 3.47. The Morgan fingerprint density at radius 3 is 2.89 bits per heavy atom. The summed E-state index contributed by atoms with van der Waals surface area (Å²) in [5.41, 5.74) is 1.25. The summed E-state index contributed by atoms with van der Waals surface area (Å²) >= 11 is 1.83. The monoisotopic (exact) mass is 263 g/mol. The minimum Gasteiger partial charge on any atom is -0.467 e. The van der Waals surface area contributed by atoms with Crippen LogP contribution in [0.3, 0.4) is 0 Å². The van der Waals surface area contributed by atoms with Gasteiger partial charge in [0.2, 0.25) is 0 Å². The zero-order valence-electron chi connectivity index (χ0n) is 11.1. The van der Waals surface area contributed by atoms with Gasteiger partial charge in [-0.2, -0.15) is 0 Å². The highest BCUT2D eigenvalue weighted by Crippen LogP contribution is 2.24. The van der Waals surface area contributed by atoms with Crippen LogP contribution in [0.5, 0.6) is 0 Å². The van der Waals surface area contributed by atoms with E-state index in [9.17, 15) is 0 Å².